The molecule has 3 N–H and O–H groups in total. The molecular formula is C37H54O12. The fourth-order valence-electron chi connectivity index (χ4n) is 11.5. The zero-order valence-corrected chi connectivity index (χ0v) is 29.4. The monoisotopic (exact) mass is 690 g/mol. The van der Waals surface area contributed by atoms with E-state index in [1.54, 1.807) is 6.92 Å². The third-order valence-electron chi connectivity index (χ3n) is 13.4. The molecule has 274 valence electrons. The molecule has 0 aromatic heterocycles. The molecule has 2 aliphatic heterocycles. The summed E-state index contributed by atoms with van der Waals surface area (Å²) >= 11 is 0. The number of esters is 1. The van der Waals surface area contributed by atoms with Gasteiger partial charge in [0.1, 0.15) is 11.7 Å². The minimum Gasteiger partial charge on any atom is -0.481 e. The van der Waals surface area contributed by atoms with Gasteiger partial charge in [-0.1, -0.05) is 64.5 Å². The van der Waals surface area contributed by atoms with E-state index in [0.717, 1.165) is 44.0 Å². The number of carboxylic acids is 2. The van der Waals surface area contributed by atoms with Gasteiger partial charge < -0.3 is 43.8 Å². The molecule has 12 nitrogen and oxygen atoms in total. The van der Waals surface area contributed by atoms with Crippen molar-refractivity contribution < 1.29 is 58.2 Å². The molecule has 13 atom stereocenters. The Morgan fingerprint density at radius 1 is 1.08 bits per heavy atom. The highest BCUT2D eigenvalue weighted by Gasteiger charge is 2.84. The maximum Gasteiger partial charge on any atom is 0.338 e. The van der Waals surface area contributed by atoms with Crippen LogP contribution in [0.25, 0.3) is 0 Å². The normalized spacial score (nSPS) is 45.1. The number of aliphatic carboxylic acids is 2. The second-order valence-electron chi connectivity index (χ2n) is 16.1. The standard InChI is InChI=1S/C37H54O12/c1-20(2)26-15-23-16-34(18-38)25-14-13-21(3)24(25)17-35(23,36(26,34)33(43)44)19-46-32-29(41)37(30(45-5)22(4)47-32)48-27(31(42)49-37)11-9-7-6-8-10-12-28(39)40/h15,18,20-25,27,29-30,32,41H,6-14,16-17,19H2,1-5H3,(H,39,40)(H,43,44)/t21?,22-,23?,24?,25?,27+,29-,30-,32-,34?,35?,36?,37?/m1/s1. The number of rotatable bonds is 15. The number of carboxylic acid groups (broad SMARTS) is 2. The number of allylic oxidation sites excluding steroid dienone is 1. The van der Waals surface area contributed by atoms with Gasteiger partial charge in [0.2, 0.25) is 0 Å². The van der Waals surface area contributed by atoms with Gasteiger partial charge in [0.15, 0.2) is 24.6 Å². The van der Waals surface area contributed by atoms with Crippen molar-refractivity contribution in [2.75, 3.05) is 13.7 Å². The summed E-state index contributed by atoms with van der Waals surface area (Å²) in [6.45, 7) is 7.82. The first-order chi connectivity index (χ1) is 23.3. The number of hydrogen-bond acceptors (Lipinski definition) is 10. The number of methoxy groups -OCH3 is 1. The molecule has 2 heterocycles. The highest BCUT2D eigenvalue weighted by Crippen LogP contribution is 2.82. The van der Waals surface area contributed by atoms with E-state index in [4.69, 9.17) is 28.8 Å². The Morgan fingerprint density at radius 2 is 1.80 bits per heavy atom. The molecule has 3 saturated carbocycles. The maximum absolute atomic E-state index is 13.8. The summed E-state index contributed by atoms with van der Waals surface area (Å²) < 4.78 is 30.5. The molecule has 12 heteroatoms. The lowest BCUT2D eigenvalue weighted by Gasteiger charge is -2.58. The molecule has 2 saturated heterocycles. The van der Waals surface area contributed by atoms with E-state index in [1.165, 1.54) is 7.11 Å². The van der Waals surface area contributed by atoms with Crippen molar-refractivity contribution in [1.29, 1.82) is 0 Å². The van der Waals surface area contributed by atoms with E-state index < -0.39 is 70.6 Å². The molecule has 4 bridgehead atoms. The van der Waals surface area contributed by atoms with Crippen LogP contribution in [0.2, 0.25) is 0 Å². The van der Waals surface area contributed by atoms with Crippen LogP contribution in [-0.2, 0) is 42.9 Å². The number of ether oxygens (including phenoxy) is 5. The van der Waals surface area contributed by atoms with Crippen molar-refractivity contribution in [2.45, 2.75) is 135 Å². The molecule has 6 aliphatic rings. The summed E-state index contributed by atoms with van der Waals surface area (Å²) in [6, 6.07) is 0. The van der Waals surface area contributed by atoms with Crippen LogP contribution in [0.4, 0.5) is 0 Å². The smallest absolute Gasteiger partial charge is 0.338 e. The van der Waals surface area contributed by atoms with E-state index in [1.807, 2.05) is 13.8 Å². The number of fused-ring (bicyclic) bond motifs is 2. The van der Waals surface area contributed by atoms with Crippen molar-refractivity contribution in [3.63, 3.8) is 0 Å². The molecule has 0 amide bonds. The second-order valence-corrected chi connectivity index (χ2v) is 16.1. The van der Waals surface area contributed by atoms with E-state index in [9.17, 15) is 29.4 Å². The van der Waals surface area contributed by atoms with Gasteiger partial charge in [-0.05, 0) is 68.6 Å². The molecule has 4 aliphatic carbocycles. The average molecular weight is 691 g/mol. The number of carbonyl (C=O) groups excluding carboxylic acids is 2. The molecule has 8 unspecified atom stereocenters. The van der Waals surface area contributed by atoms with Gasteiger partial charge in [-0.25, -0.2) is 4.79 Å². The summed E-state index contributed by atoms with van der Waals surface area (Å²) in [5, 5.41) is 32.0. The van der Waals surface area contributed by atoms with Crippen molar-refractivity contribution in [1.82, 2.24) is 0 Å². The molecule has 1 spiro atoms. The van der Waals surface area contributed by atoms with E-state index >= 15 is 0 Å². The third kappa shape index (κ3) is 5.17. The van der Waals surface area contributed by atoms with E-state index in [-0.39, 0.29) is 36.7 Å². The SMILES string of the molecule is CO[C@@H]1[C@@H](C)O[C@@H](OCC23CC4C(C)CCC4C4(C=O)CC2C=C(C(C)C)C43C(=O)O)[C@@H](O)C12OC(=O)[C@H](CCCCCCCC(=O)O)O2. The predicted octanol–water partition coefficient (Wildman–Crippen LogP) is 4.50. The summed E-state index contributed by atoms with van der Waals surface area (Å²) in [7, 11) is 1.42. The lowest BCUT2D eigenvalue weighted by atomic mass is 9.43. The predicted molar refractivity (Wildman–Crippen MR) is 173 cm³/mol. The summed E-state index contributed by atoms with van der Waals surface area (Å²) in [6.07, 6.45) is 4.42. The largest absolute Gasteiger partial charge is 0.481 e. The van der Waals surface area contributed by atoms with Gasteiger partial charge in [-0.3, -0.25) is 9.59 Å². The van der Waals surface area contributed by atoms with Crippen molar-refractivity contribution in [3.8, 4) is 0 Å². The number of hydrogen-bond donors (Lipinski definition) is 3. The first-order valence-electron chi connectivity index (χ1n) is 18.3. The Morgan fingerprint density at radius 3 is 2.45 bits per heavy atom. The van der Waals surface area contributed by atoms with Gasteiger partial charge in [0, 0.05) is 18.9 Å². The maximum atomic E-state index is 13.8. The number of aliphatic hydroxyl groups excluding tert-OH is 1. The Bertz CT molecular complexity index is 1350. The second kappa shape index (κ2) is 13.3. The van der Waals surface area contributed by atoms with Crippen LogP contribution >= 0.6 is 0 Å². The zero-order chi connectivity index (χ0) is 35.5. The van der Waals surface area contributed by atoms with Crippen molar-refractivity contribution in [3.05, 3.63) is 11.6 Å². The number of aliphatic hydroxyl groups is 1. The first kappa shape index (κ1) is 36.4. The van der Waals surface area contributed by atoms with E-state index in [2.05, 4.69) is 13.0 Å². The lowest BCUT2D eigenvalue weighted by Crippen LogP contribution is -2.68. The fraction of sp³-hybridized carbons (Fsp3) is 0.838. The van der Waals surface area contributed by atoms with Crippen LogP contribution in [-0.4, -0.2) is 89.7 Å². The highest BCUT2D eigenvalue weighted by atomic mass is 16.8. The number of aldehydes is 1. The Labute approximate surface area is 288 Å². The molecule has 5 fully saturated rings. The molecule has 49 heavy (non-hydrogen) atoms. The number of unbranched alkanes of at least 4 members (excludes halogenated alkanes) is 4. The summed E-state index contributed by atoms with van der Waals surface area (Å²) in [5.74, 6) is -4.13. The molecule has 6 rings (SSSR count). The van der Waals surface area contributed by atoms with Gasteiger partial charge >= 0.3 is 17.9 Å². The molecule has 0 aromatic carbocycles. The number of carbonyl (C=O) groups is 4. The van der Waals surface area contributed by atoms with Crippen LogP contribution in [0, 0.1) is 45.8 Å². The Kier molecular flexibility index (Phi) is 9.89. The van der Waals surface area contributed by atoms with Crippen LogP contribution in [0.15, 0.2) is 11.6 Å². The van der Waals surface area contributed by atoms with Crippen LogP contribution in [0.3, 0.4) is 0 Å². The topological polar surface area (TPSA) is 175 Å². The average Bonchev–Trinajstić information content (AvgIpc) is 3.72. The Balaban J connectivity index is 1.23. The lowest BCUT2D eigenvalue weighted by molar-refractivity contribution is -0.386. The van der Waals surface area contributed by atoms with Gasteiger partial charge in [0.05, 0.1) is 18.1 Å². The first-order valence-corrected chi connectivity index (χ1v) is 18.3. The van der Waals surface area contributed by atoms with Crippen LogP contribution in [0.1, 0.15) is 98.3 Å². The third-order valence-corrected chi connectivity index (χ3v) is 13.4. The summed E-state index contributed by atoms with van der Waals surface area (Å²) in [5.41, 5.74) is -2.64. The van der Waals surface area contributed by atoms with Gasteiger partial charge in [-0.2, -0.15) is 0 Å². The van der Waals surface area contributed by atoms with Gasteiger partial charge in [-0.15, -0.1) is 0 Å². The van der Waals surface area contributed by atoms with Crippen molar-refractivity contribution >= 4 is 24.2 Å². The highest BCUT2D eigenvalue weighted by molar-refractivity contribution is 5.90. The summed E-state index contributed by atoms with van der Waals surface area (Å²) in [4.78, 5) is 51.1. The minimum atomic E-state index is -1.90. The molecular weight excluding hydrogens is 636 g/mol. The van der Waals surface area contributed by atoms with Crippen molar-refractivity contribution in [2.24, 2.45) is 45.8 Å². The zero-order valence-electron chi connectivity index (χ0n) is 29.4. The van der Waals surface area contributed by atoms with Crippen LogP contribution in [0.5, 0.6) is 0 Å². The quantitative estimate of drug-likeness (QED) is 0.0951. The van der Waals surface area contributed by atoms with E-state index in [0.29, 0.717) is 38.0 Å². The Hall–Kier alpha value is -2.38. The van der Waals surface area contributed by atoms with Crippen LogP contribution < -0.4 is 0 Å². The minimum absolute atomic E-state index is 0.0214. The fourth-order valence-corrected chi connectivity index (χ4v) is 11.5. The van der Waals surface area contributed by atoms with Gasteiger partial charge in [0.25, 0.3) is 5.79 Å². The molecule has 0 aromatic rings. The molecule has 0 radical (unpaired) electrons.